The molecule has 1 N–H and O–H groups in total. The number of carbonyl (C=O) groups excluding carboxylic acids is 1. The third-order valence-corrected chi connectivity index (χ3v) is 4.70. The average Bonchev–Trinajstić information content (AvgIpc) is 2.46. The molecule has 0 aromatic carbocycles. The van der Waals surface area contributed by atoms with Crippen LogP contribution in [0.2, 0.25) is 0 Å². The largest absolute Gasteiger partial charge is 0.339 e. The summed E-state index contributed by atoms with van der Waals surface area (Å²) >= 11 is 0. The first-order chi connectivity index (χ1) is 9.65. The minimum absolute atomic E-state index is 0.265. The summed E-state index contributed by atoms with van der Waals surface area (Å²) in [6, 6.07) is 0. The van der Waals surface area contributed by atoms with Gasteiger partial charge in [0.1, 0.15) is 0 Å². The number of hydrogen-bond donors (Lipinski definition) is 1. The summed E-state index contributed by atoms with van der Waals surface area (Å²) in [4.78, 5) is 18.7. The van der Waals surface area contributed by atoms with Crippen LogP contribution in [0.15, 0.2) is 0 Å². The second kappa shape index (κ2) is 7.96. The van der Waals surface area contributed by atoms with Crippen molar-refractivity contribution in [3.05, 3.63) is 0 Å². The van der Waals surface area contributed by atoms with Crippen LogP contribution in [0.1, 0.15) is 19.3 Å². The molecule has 0 saturated carbocycles. The molecule has 0 bridgehead atoms. The first-order valence-electron chi connectivity index (χ1n) is 8.00. The number of amides is 1. The molecule has 2 aliphatic rings. The summed E-state index contributed by atoms with van der Waals surface area (Å²) in [5.41, 5.74) is 0. The molecular formula is C15H30N4O. The number of nitrogens with one attached hydrogen (secondary N) is 1. The van der Waals surface area contributed by atoms with Gasteiger partial charge in [-0.2, -0.15) is 0 Å². The summed E-state index contributed by atoms with van der Waals surface area (Å²) in [6.07, 6.45) is 3.83. The lowest BCUT2D eigenvalue weighted by atomic mass is 9.94. The molecule has 0 aromatic rings. The van der Waals surface area contributed by atoms with Gasteiger partial charge in [-0.15, -0.1) is 0 Å². The van der Waals surface area contributed by atoms with Gasteiger partial charge in [0.2, 0.25) is 5.91 Å². The Labute approximate surface area is 123 Å². The van der Waals surface area contributed by atoms with Crippen LogP contribution in [0, 0.1) is 5.92 Å². The number of hydrogen-bond acceptors (Lipinski definition) is 4. The molecule has 5 nitrogen and oxygen atoms in total. The van der Waals surface area contributed by atoms with Crippen molar-refractivity contribution in [2.75, 3.05) is 66.5 Å². The van der Waals surface area contributed by atoms with E-state index in [1.165, 1.54) is 32.4 Å². The van der Waals surface area contributed by atoms with Crippen molar-refractivity contribution < 1.29 is 4.79 Å². The van der Waals surface area contributed by atoms with Gasteiger partial charge in [-0.1, -0.05) is 0 Å². The monoisotopic (exact) mass is 282 g/mol. The maximum Gasteiger partial charge on any atom is 0.236 e. The van der Waals surface area contributed by atoms with Gasteiger partial charge >= 0.3 is 0 Å². The summed E-state index contributed by atoms with van der Waals surface area (Å²) in [5.74, 6) is 1.11. The number of piperazine rings is 1. The van der Waals surface area contributed by atoms with Crippen molar-refractivity contribution in [1.82, 2.24) is 20.0 Å². The van der Waals surface area contributed by atoms with Crippen molar-refractivity contribution in [2.45, 2.75) is 19.3 Å². The smallest absolute Gasteiger partial charge is 0.236 e. The van der Waals surface area contributed by atoms with Crippen LogP contribution >= 0.6 is 0 Å². The molecule has 0 aromatic heterocycles. The molecule has 1 amide bonds. The number of rotatable bonds is 5. The third kappa shape index (κ3) is 5.04. The van der Waals surface area contributed by atoms with Gasteiger partial charge in [-0.25, -0.2) is 0 Å². The van der Waals surface area contributed by atoms with Crippen LogP contribution in [0.5, 0.6) is 0 Å². The predicted molar refractivity (Wildman–Crippen MR) is 81.8 cm³/mol. The highest BCUT2D eigenvalue weighted by molar-refractivity contribution is 5.78. The number of piperidine rings is 1. The zero-order valence-electron chi connectivity index (χ0n) is 13.1. The average molecular weight is 282 g/mol. The summed E-state index contributed by atoms with van der Waals surface area (Å²) in [5, 5.41) is 3.33. The predicted octanol–water partition coefficient (Wildman–Crippen LogP) is 0.0819. The van der Waals surface area contributed by atoms with E-state index in [9.17, 15) is 4.79 Å². The highest BCUT2D eigenvalue weighted by atomic mass is 16.2. The van der Waals surface area contributed by atoms with Gasteiger partial charge in [-0.3, -0.25) is 4.79 Å². The van der Waals surface area contributed by atoms with E-state index < -0.39 is 0 Å². The van der Waals surface area contributed by atoms with Crippen LogP contribution in [0.25, 0.3) is 0 Å². The molecule has 2 aliphatic heterocycles. The standard InChI is InChI=1S/C15H30N4O/c1-17-7-4-14(5-8-17)3-6-16-13-15(20)19-11-9-18(2)10-12-19/h14,16H,3-13H2,1-2H3. The Bertz CT molecular complexity index is 294. The quantitative estimate of drug-likeness (QED) is 0.725. The second-order valence-corrected chi connectivity index (χ2v) is 6.40. The lowest BCUT2D eigenvalue weighted by Crippen LogP contribution is -2.49. The van der Waals surface area contributed by atoms with E-state index in [0.717, 1.165) is 38.6 Å². The van der Waals surface area contributed by atoms with Gasteiger partial charge < -0.3 is 20.0 Å². The van der Waals surface area contributed by atoms with Gasteiger partial charge in [0.25, 0.3) is 0 Å². The Balaban J connectivity index is 1.53. The summed E-state index contributed by atoms with van der Waals surface area (Å²) < 4.78 is 0. The molecule has 5 heteroatoms. The first-order valence-corrected chi connectivity index (χ1v) is 8.00. The lowest BCUT2D eigenvalue weighted by molar-refractivity contribution is -0.131. The first kappa shape index (κ1) is 15.7. The number of likely N-dealkylation sites (N-methyl/N-ethyl adjacent to an activating group) is 1. The Morgan fingerprint density at radius 3 is 2.25 bits per heavy atom. The maximum absolute atomic E-state index is 12.0. The molecule has 0 aliphatic carbocycles. The highest BCUT2D eigenvalue weighted by Gasteiger charge is 2.19. The Hall–Kier alpha value is -0.650. The Morgan fingerprint density at radius 2 is 1.60 bits per heavy atom. The fourth-order valence-corrected chi connectivity index (χ4v) is 3.02. The molecule has 116 valence electrons. The molecule has 0 atom stereocenters. The molecule has 2 fully saturated rings. The van der Waals surface area contributed by atoms with Crippen LogP contribution in [0.3, 0.4) is 0 Å². The van der Waals surface area contributed by atoms with Gasteiger partial charge in [-0.05, 0) is 58.9 Å². The molecule has 0 radical (unpaired) electrons. The van der Waals surface area contributed by atoms with Crippen molar-refractivity contribution >= 4 is 5.91 Å². The van der Waals surface area contributed by atoms with E-state index >= 15 is 0 Å². The minimum atomic E-state index is 0.265. The van der Waals surface area contributed by atoms with E-state index in [0.29, 0.717) is 6.54 Å². The summed E-state index contributed by atoms with van der Waals surface area (Å²) in [7, 11) is 4.31. The zero-order chi connectivity index (χ0) is 14.4. The zero-order valence-corrected chi connectivity index (χ0v) is 13.1. The van der Waals surface area contributed by atoms with E-state index in [2.05, 4.69) is 29.2 Å². The normalized spacial score (nSPS) is 23.2. The van der Waals surface area contributed by atoms with E-state index in [1.807, 2.05) is 4.90 Å². The molecular weight excluding hydrogens is 252 g/mol. The van der Waals surface area contributed by atoms with Crippen LogP contribution in [-0.4, -0.2) is 87.1 Å². The molecule has 2 rings (SSSR count). The number of carbonyl (C=O) groups is 1. The van der Waals surface area contributed by atoms with Crippen molar-refractivity contribution in [3.8, 4) is 0 Å². The van der Waals surface area contributed by atoms with E-state index in [4.69, 9.17) is 0 Å². The van der Waals surface area contributed by atoms with Crippen molar-refractivity contribution in [1.29, 1.82) is 0 Å². The fraction of sp³-hybridized carbons (Fsp3) is 0.933. The molecule has 2 heterocycles. The van der Waals surface area contributed by atoms with Crippen LogP contribution < -0.4 is 5.32 Å². The highest BCUT2D eigenvalue weighted by Crippen LogP contribution is 2.18. The van der Waals surface area contributed by atoms with Crippen LogP contribution in [0.4, 0.5) is 0 Å². The van der Waals surface area contributed by atoms with Gasteiger partial charge in [0.05, 0.1) is 6.54 Å². The molecule has 0 spiro atoms. The second-order valence-electron chi connectivity index (χ2n) is 6.40. The Morgan fingerprint density at radius 1 is 1.00 bits per heavy atom. The van der Waals surface area contributed by atoms with E-state index in [-0.39, 0.29) is 5.91 Å². The van der Waals surface area contributed by atoms with Crippen LogP contribution in [-0.2, 0) is 4.79 Å². The Kier molecular flexibility index (Phi) is 6.26. The molecule has 2 saturated heterocycles. The summed E-state index contributed by atoms with van der Waals surface area (Å²) in [6.45, 7) is 7.71. The minimum Gasteiger partial charge on any atom is -0.339 e. The lowest BCUT2D eigenvalue weighted by Gasteiger charge is -2.32. The third-order valence-electron chi connectivity index (χ3n) is 4.70. The maximum atomic E-state index is 12.0. The molecule has 20 heavy (non-hydrogen) atoms. The number of nitrogens with zero attached hydrogens (tertiary/aromatic N) is 3. The topological polar surface area (TPSA) is 38.8 Å². The SMILES string of the molecule is CN1CCC(CCNCC(=O)N2CCN(C)CC2)CC1. The van der Waals surface area contributed by atoms with Crippen molar-refractivity contribution in [3.63, 3.8) is 0 Å². The van der Waals surface area contributed by atoms with Gasteiger partial charge in [0.15, 0.2) is 0 Å². The van der Waals surface area contributed by atoms with Gasteiger partial charge in [0, 0.05) is 26.2 Å². The van der Waals surface area contributed by atoms with E-state index in [1.54, 1.807) is 0 Å². The number of likely N-dealkylation sites (tertiary alicyclic amines) is 1. The molecule has 0 unspecified atom stereocenters. The fourth-order valence-electron chi connectivity index (χ4n) is 3.02. The van der Waals surface area contributed by atoms with Crippen molar-refractivity contribution in [2.24, 2.45) is 5.92 Å².